The lowest BCUT2D eigenvalue weighted by atomic mass is 10.1. The van der Waals surface area contributed by atoms with Crippen molar-refractivity contribution in [2.24, 2.45) is 0 Å². The number of nitrogens with zero attached hydrogens (tertiary/aromatic N) is 2. The molecule has 30 heavy (non-hydrogen) atoms. The quantitative estimate of drug-likeness (QED) is 0.489. The van der Waals surface area contributed by atoms with Gasteiger partial charge in [-0.25, -0.2) is 4.98 Å². The van der Waals surface area contributed by atoms with Crippen LogP contribution in [0.2, 0.25) is 0 Å². The van der Waals surface area contributed by atoms with E-state index in [1.54, 1.807) is 12.3 Å². The standard InChI is InChI=1S/C23H20N4O2S/c1-14(25-15(2)28)16-8-10-17(11-9-16)20-13-30-23(26-20)27-22(29)19-7-3-5-18-6-4-12-24-21(18)19/h3-14H,1-2H3,(H,25,28)(H,26,27,29). The van der Waals surface area contributed by atoms with Crippen molar-refractivity contribution >= 4 is 39.2 Å². The molecule has 2 amide bonds. The molecule has 6 nitrogen and oxygen atoms in total. The molecule has 4 aromatic rings. The molecule has 0 bridgehead atoms. The maximum atomic E-state index is 12.8. The predicted molar refractivity (Wildman–Crippen MR) is 119 cm³/mol. The van der Waals surface area contributed by atoms with Gasteiger partial charge in [0.05, 0.1) is 22.8 Å². The van der Waals surface area contributed by atoms with Gasteiger partial charge in [0.1, 0.15) is 0 Å². The van der Waals surface area contributed by atoms with Crippen LogP contribution < -0.4 is 10.6 Å². The molecule has 7 heteroatoms. The number of nitrogens with one attached hydrogen (secondary N) is 2. The Bertz CT molecular complexity index is 1210. The van der Waals surface area contributed by atoms with Gasteiger partial charge in [0.15, 0.2) is 5.13 Å². The first-order chi connectivity index (χ1) is 14.5. The number of amides is 2. The molecular formula is C23H20N4O2S. The highest BCUT2D eigenvalue weighted by Crippen LogP contribution is 2.27. The zero-order valence-corrected chi connectivity index (χ0v) is 17.4. The molecule has 2 aromatic heterocycles. The number of hydrogen-bond acceptors (Lipinski definition) is 5. The van der Waals surface area contributed by atoms with Gasteiger partial charge in [-0.2, -0.15) is 0 Å². The third-order valence-electron chi connectivity index (χ3n) is 4.73. The number of carbonyl (C=O) groups is 2. The van der Waals surface area contributed by atoms with Crippen LogP contribution in [0.15, 0.2) is 66.2 Å². The van der Waals surface area contributed by atoms with Gasteiger partial charge in [-0.05, 0) is 24.6 Å². The average molecular weight is 417 g/mol. The number of pyridine rings is 1. The second-order valence-electron chi connectivity index (χ2n) is 6.92. The molecule has 0 radical (unpaired) electrons. The minimum atomic E-state index is -0.236. The molecule has 0 saturated carbocycles. The van der Waals surface area contributed by atoms with Crippen molar-refractivity contribution in [3.8, 4) is 11.3 Å². The highest BCUT2D eigenvalue weighted by atomic mass is 32.1. The second-order valence-corrected chi connectivity index (χ2v) is 7.78. The summed E-state index contributed by atoms with van der Waals surface area (Å²) < 4.78 is 0. The average Bonchev–Trinajstić information content (AvgIpc) is 3.21. The zero-order chi connectivity index (χ0) is 21.1. The Morgan fingerprint density at radius 1 is 1.03 bits per heavy atom. The Balaban J connectivity index is 1.50. The van der Waals surface area contributed by atoms with E-state index in [9.17, 15) is 9.59 Å². The Hall–Kier alpha value is -3.58. The maximum absolute atomic E-state index is 12.8. The molecule has 150 valence electrons. The summed E-state index contributed by atoms with van der Waals surface area (Å²) in [4.78, 5) is 32.9. The van der Waals surface area contributed by atoms with Crippen LogP contribution in [0.25, 0.3) is 22.2 Å². The van der Waals surface area contributed by atoms with Gasteiger partial charge in [-0.1, -0.05) is 42.5 Å². The van der Waals surface area contributed by atoms with E-state index < -0.39 is 0 Å². The lowest BCUT2D eigenvalue weighted by Gasteiger charge is -2.13. The number of thiazole rings is 1. The Morgan fingerprint density at radius 2 is 1.80 bits per heavy atom. The van der Waals surface area contributed by atoms with Crippen LogP contribution in [0.5, 0.6) is 0 Å². The van der Waals surface area contributed by atoms with Crippen molar-refractivity contribution in [3.05, 3.63) is 77.3 Å². The topological polar surface area (TPSA) is 84.0 Å². The molecule has 2 N–H and O–H groups in total. The van der Waals surface area contributed by atoms with E-state index in [1.165, 1.54) is 18.3 Å². The van der Waals surface area contributed by atoms with Gasteiger partial charge < -0.3 is 5.32 Å². The van der Waals surface area contributed by atoms with Crippen molar-refractivity contribution in [2.75, 3.05) is 5.32 Å². The van der Waals surface area contributed by atoms with Crippen LogP contribution in [0.4, 0.5) is 5.13 Å². The predicted octanol–water partition coefficient (Wildman–Crippen LogP) is 4.81. The summed E-state index contributed by atoms with van der Waals surface area (Å²) >= 11 is 1.37. The number of benzene rings is 2. The van der Waals surface area contributed by atoms with Crippen LogP contribution in [0, 0.1) is 0 Å². The van der Waals surface area contributed by atoms with E-state index in [1.807, 2.05) is 60.8 Å². The molecule has 0 spiro atoms. The Morgan fingerprint density at radius 3 is 2.57 bits per heavy atom. The molecular weight excluding hydrogens is 396 g/mol. The smallest absolute Gasteiger partial charge is 0.259 e. The number of carbonyl (C=O) groups excluding carboxylic acids is 2. The molecule has 1 unspecified atom stereocenters. The summed E-state index contributed by atoms with van der Waals surface area (Å²) in [6, 6.07) is 17.1. The van der Waals surface area contributed by atoms with E-state index in [0.29, 0.717) is 16.2 Å². The van der Waals surface area contributed by atoms with Gasteiger partial charge in [0.2, 0.25) is 5.91 Å². The summed E-state index contributed by atoms with van der Waals surface area (Å²) in [5, 5.41) is 9.09. The van der Waals surface area contributed by atoms with Gasteiger partial charge in [-0.15, -0.1) is 11.3 Å². The van der Waals surface area contributed by atoms with E-state index in [2.05, 4.69) is 20.6 Å². The lowest BCUT2D eigenvalue weighted by Crippen LogP contribution is -2.23. The molecule has 2 heterocycles. The summed E-state index contributed by atoms with van der Waals surface area (Å²) in [5.41, 5.74) is 3.92. The van der Waals surface area contributed by atoms with E-state index in [-0.39, 0.29) is 17.9 Å². The highest BCUT2D eigenvalue weighted by molar-refractivity contribution is 7.14. The SMILES string of the molecule is CC(=O)NC(C)c1ccc(-c2csc(NC(=O)c3cccc4cccnc34)n2)cc1. The Labute approximate surface area is 178 Å². The minimum absolute atomic E-state index is 0.0591. The first kappa shape index (κ1) is 19.7. The Kier molecular flexibility index (Phi) is 5.54. The summed E-state index contributed by atoms with van der Waals surface area (Å²) in [7, 11) is 0. The van der Waals surface area contributed by atoms with Crippen molar-refractivity contribution in [1.82, 2.24) is 15.3 Å². The molecule has 1 atom stereocenters. The number of rotatable bonds is 5. The van der Waals surface area contributed by atoms with Gasteiger partial charge >= 0.3 is 0 Å². The molecule has 0 aliphatic rings. The minimum Gasteiger partial charge on any atom is -0.350 e. The first-order valence-corrected chi connectivity index (χ1v) is 10.4. The fourth-order valence-corrected chi connectivity index (χ4v) is 3.96. The van der Waals surface area contributed by atoms with E-state index in [4.69, 9.17) is 0 Å². The molecule has 0 aliphatic carbocycles. The largest absolute Gasteiger partial charge is 0.350 e. The third kappa shape index (κ3) is 4.21. The van der Waals surface area contributed by atoms with Crippen molar-refractivity contribution < 1.29 is 9.59 Å². The number of anilines is 1. The summed E-state index contributed by atoms with van der Waals surface area (Å²) in [6.07, 6.45) is 1.68. The summed E-state index contributed by atoms with van der Waals surface area (Å²) in [6.45, 7) is 3.44. The zero-order valence-electron chi connectivity index (χ0n) is 16.5. The summed E-state index contributed by atoms with van der Waals surface area (Å²) in [5.74, 6) is -0.299. The van der Waals surface area contributed by atoms with Crippen LogP contribution in [-0.2, 0) is 4.79 Å². The molecule has 4 rings (SSSR count). The van der Waals surface area contributed by atoms with Crippen LogP contribution in [0.1, 0.15) is 35.8 Å². The lowest BCUT2D eigenvalue weighted by molar-refractivity contribution is -0.119. The highest BCUT2D eigenvalue weighted by Gasteiger charge is 2.14. The van der Waals surface area contributed by atoms with E-state index in [0.717, 1.165) is 22.2 Å². The van der Waals surface area contributed by atoms with Gasteiger partial charge in [-0.3, -0.25) is 19.9 Å². The number of para-hydroxylation sites is 1. The molecule has 0 aliphatic heterocycles. The van der Waals surface area contributed by atoms with Crippen LogP contribution in [-0.4, -0.2) is 21.8 Å². The first-order valence-electron chi connectivity index (χ1n) is 9.49. The monoisotopic (exact) mass is 416 g/mol. The maximum Gasteiger partial charge on any atom is 0.259 e. The van der Waals surface area contributed by atoms with Gasteiger partial charge in [0.25, 0.3) is 5.91 Å². The van der Waals surface area contributed by atoms with E-state index >= 15 is 0 Å². The van der Waals surface area contributed by atoms with Crippen LogP contribution >= 0.6 is 11.3 Å². The fourth-order valence-electron chi connectivity index (χ4n) is 3.25. The molecule has 0 fully saturated rings. The third-order valence-corrected chi connectivity index (χ3v) is 5.49. The number of hydrogen-bond donors (Lipinski definition) is 2. The van der Waals surface area contributed by atoms with Gasteiger partial charge in [0, 0.05) is 29.5 Å². The normalized spacial score (nSPS) is 11.8. The number of aromatic nitrogens is 2. The van der Waals surface area contributed by atoms with Crippen molar-refractivity contribution in [1.29, 1.82) is 0 Å². The fraction of sp³-hybridized carbons (Fsp3) is 0.130. The van der Waals surface area contributed by atoms with Crippen molar-refractivity contribution in [3.63, 3.8) is 0 Å². The molecule has 0 saturated heterocycles. The number of fused-ring (bicyclic) bond motifs is 1. The van der Waals surface area contributed by atoms with Crippen molar-refractivity contribution in [2.45, 2.75) is 19.9 Å². The van der Waals surface area contributed by atoms with Crippen LogP contribution in [0.3, 0.4) is 0 Å². The molecule has 2 aromatic carbocycles. The second kappa shape index (κ2) is 8.42.